The number of anilines is 1. The molecular weight excluding hydrogens is 252 g/mol. The van der Waals surface area contributed by atoms with Crippen LogP contribution in [0.5, 0.6) is 5.75 Å². The zero-order chi connectivity index (χ0) is 13.1. The van der Waals surface area contributed by atoms with E-state index in [0.29, 0.717) is 5.56 Å². The lowest BCUT2D eigenvalue weighted by Gasteiger charge is -2.34. The summed E-state index contributed by atoms with van der Waals surface area (Å²) >= 11 is 5.53. The van der Waals surface area contributed by atoms with E-state index in [0.717, 1.165) is 37.6 Å². The maximum atomic E-state index is 11.2. The van der Waals surface area contributed by atoms with E-state index in [9.17, 15) is 4.79 Å². The van der Waals surface area contributed by atoms with Gasteiger partial charge in [0.2, 0.25) is 0 Å². The number of methoxy groups -OCH3 is 1. The summed E-state index contributed by atoms with van der Waals surface area (Å²) in [4.78, 5) is 15.7. The molecule has 0 N–H and O–H groups in total. The SMILES string of the molecule is COc1ccc(C(=O)Cl)cc1N1CCN(C)CC1. The Morgan fingerprint density at radius 2 is 1.94 bits per heavy atom. The first kappa shape index (κ1) is 13.2. The third-order valence-corrected chi connectivity index (χ3v) is 3.47. The number of halogens is 1. The maximum Gasteiger partial charge on any atom is 0.252 e. The molecule has 0 aromatic heterocycles. The first-order valence-corrected chi connectivity index (χ1v) is 6.31. The minimum atomic E-state index is -0.437. The normalized spacial score (nSPS) is 16.7. The molecule has 0 unspecified atom stereocenters. The summed E-state index contributed by atoms with van der Waals surface area (Å²) in [6, 6.07) is 5.29. The van der Waals surface area contributed by atoms with Crippen molar-refractivity contribution >= 4 is 22.5 Å². The van der Waals surface area contributed by atoms with Crippen LogP contribution < -0.4 is 9.64 Å². The molecule has 0 amide bonds. The van der Waals surface area contributed by atoms with Crippen LogP contribution in [0.25, 0.3) is 0 Å². The highest BCUT2D eigenvalue weighted by Crippen LogP contribution is 2.30. The van der Waals surface area contributed by atoms with Gasteiger partial charge in [0.15, 0.2) is 0 Å². The van der Waals surface area contributed by atoms with E-state index >= 15 is 0 Å². The molecule has 0 atom stereocenters. The van der Waals surface area contributed by atoms with E-state index < -0.39 is 5.24 Å². The smallest absolute Gasteiger partial charge is 0.252 e. The van der Waals surface area contributed by atoms with Crippen LogP contribution in [0.15, 0.2) is 18.2 Å². The van der Waals surface area contributed by atoms with E-state index in [-0.39, 0.29) is 0 Å². The second-order valence-electron chi connectivity index (χ2n) is 4.45. The number of carbonyl (C=O) groups is 1. The summed E-state index contributed by atoms with van der Waals surface area (Å²) in [6.07, 6.45) is 0. The maximum absolute atomic E-state index is 11.2. The van der Waals surface area contributed by atoms with Gasteiger partial charge in [-0.25, -0.2) is 0 Å². The van der Waals surface area contributed by atoms with Crippen LogP contribution in [-0.2, 0) is 0 Å². The Balaban J connectivity index is 2.29. The van der Waals surface area contributed by atoms with Crippen molar-refractivity contribution in [3.05, 3.63) is 23.8 Å². The van der Waals surface area contributed by atoms with Gasteiger partial charge in [-0.3, -0.25) is 4.79 Å². The van der Waals surface area contributed by atoms with E-state index in [1.54, 1.807) is 25.3 Å². The molecule has 98 valence electrons. The molecule has 0 saturated carbocycles. The summed E-state index contributed by atoms with van der Waals surface area (Å²) in [6.45, 7) is 3.85. The van der Waals surface area contributed by atoms with Crippen molar-refractivity contribution in [1.29, 1.82) is 0 Å². The fraction of sp³-hybridized carbons (Fsp3) is 0.462. The van der Waals surface area contributed by atoms with Crippen LogP contribution in [-0.4, -0.2) is 50.5 Å². The van der Waals surface area contributed by atoms with Gasteiger partial charge in [0.1, 0.15) is 5.75 Å². The van der Waals surface area contributed by atoms with Gasteiger partial charge in [-0.1, -0.05) is 0 Å². The van der Waals surface area contributed by atoms with E-state index in [2.05, 4.69) is 16.8 Å². The van der Waals surface area contributed by atoms with Gasteiger partial charge >= 0.3 is 0 Å². The van der Waals surface area contributed by atoms with Crippen molar-refractivity contribution < 1.29 is 9.53 Å². The number of carbonyl (C=O) groups excluding carboxylic acids is 1. The number of ether oxygens (including phenoxy) is 1. The van der Waals surface area contributed by atoms with E-state index in [1.165, 1.54) is 0 Å². The molecule has 1 heterocycles. The van der Waals surface area contributed by atoms with Crippen LogP contribution in [0.2, 0.25) is 0 Å². The average Bonchev–Trinajstić information content (AvgIpc) is 2.39. The monoisotopic (exact) mass is 268 g/mol. The number of hydrogen-bond acceptors (Lipinski definition) is 4. The third-order valence-electron chi connectivity index (χ3n) is 3.25. The molecule has 0 aliphatic carbocycles. The fourth-order valence-corrected chi connectivity index (χ4v) is 2.22. The molecule has 0 spiro atoms. The average molecular weight is 269 g/mol. The van der Waals surface area contributed by atoms with Crippen molar-refractivity contribution in [3.63, 3.8) is 0 Å². The van der Waals surface area contributed by atoms with Crippen molar-refractivity contribution in [1.82, 2.24) is 4.90 Å². The zero-order valence-electron chi connectivity index (χ0n) is 10.6. The van der Waals surface area contributed by atoms with Gasteiger partial charge in [-0.15, -0.1) is 0 Å². The molecule has 0 bridgehead atoms. The summed E-state index contributed by atoms with van der Waals surface area (Å²) in [7, 11) is 3.74. The Bertz CT molecular complexity index is 443. The summed E-state index contributed by atoms with van der Waals surface area (Å²) in [5.41, 5.74) is 1.45. The highest BCUT2D eigenvalue weighted by atomic mass is 35.5. The molecule has 18 heavy (non-hydrogen) atoms. The number of nitrogens with zero attached hydrogens (tertiary/aromatic N) is 2. The molecule has 0 radical (unpaired) electrons. The van der Waals surface area contributed by atoms with E-state index in [1.807, 2.05) is 0 Å². The van der Waals surface area contributed by atoms with Crippen LogP contribution >= 0.6 is 11.6 Å². The highest BCUT2D eigenvalue weighted by molar-refractivity contribution is 6.67. The second kappa shape index (κ2) is 5.59. The van der Waals surface area contributed by atoms with Crippen molar-refractivity contribution in [2.45, 2.75) is 0 Å². The minimum Gasteiger partial charge on any atom is -0.495 e. The molecule has 5 heteroatoms. The molecule has 1 aromatic carbocycles. The Kier molecular flexibility index (Phi) is 4.09. The van der Waals surface area contributed by atoms with E-state index in [4.69, 9.17) is 16.3 Å². The number of benzene rings is 1. The lowest BCUT2D eigenvalue weighted by atomic mass is 10.1. The first-order chi connectivity index (χ1) is 8.61. The lowest BCUT2D eigenvalue weighted by molar-refractivity contribution is 0.108. The number of hydrogen-bond donors (Lipinski definition) is 0. The number of likely N-dealkylation sites (N-methyl/N-ethyl adjacent to an activating group) is 1. The Labute approximate surface area is 112 Å². The van der Waals surface area contributed by atoms with Gasteiger partial charge in [0.25, 0.3) is 5.24 Å². The highest BCUT2D eigenvalue weighted by Gasteiger charge is 2.18. The Hall–Kier alpha value is -1.26. The van der Waals surface area contributed by atoms with Gasteiger partial charge in [-0.05, 0) is 36.8 Å². The third kappa shape index (κ3) is 2.76. The molecule has 1 aromatic rings. The summed E-state index contributed by atoms with van der Waals surface area (Å²) in [5, 5.41) is -0.437. The minimum absolute atomic E-state index is 0.437. The topological polar surface area (TPSA) is 32.8 Å². The van der Waals surface area contributed by atoms with Crippen LogP contribution in [0, 0.1) is 0 Å². The summed E-state index contributed by atoms with van der Waals surface area (Å²) < 4.78 is 5.35. The second-order valence-corrected chi connectivity index (χ2v) is 4.79. The number of piperazine rings is 1. The molecule has 4 nitrogen and oxygen atoms in total. The molecule has 1 aliphatic heterocycles. The first-order valence-electron chi connectivity index (χ1n) is 5.93. The van der Waals surface area contributed by atoms with Gasteiger partial charge in [0.05, 0.1) is 12.8 Å². The lowest BCUT2D eigenvalue weighted by Crippen LogP contribution is -2.44. The quantitative estimate of drug-likeness (QED) is 0.783. The molecule has 1 fully saturated rings. The van der Waals surface area contributed by atoms with Crippen molar-refractivity contribution in [2.24, 2.45) is 0 Å². The molecular formula is C13H17ClN2O2. The zero-order valence-corrected chi connectivity index (χ0v) is 11.4. The summed E-state index contributed by atoms with van der Waals surface area (Å²) in [5.74, 6) is 0.779. The predicted octanol–water partition coefficient (Wildman–Crippen LogP) is 1.83. The van der Waals surface area contributed by atoms with Crippen LogP contribution in [0.3, 0.4) is 0 Å². The molecule has 1 aliphatic rings. The van der Waals surface area contributed by atoms with Gasteiger partial charge in [0, 0.05) is 31.7 Å². The van der Waals surface area contributed by atoms with Crippen molar-refractivity contribution in [3.8, 4) is 5.75 Å². The van der Waals surface area contributed by atoms with Gasteiger partial charge in [-0.2, -0.15) is 0 Å². The van der Waals surface area contributed by atoms with Crippen LogP contribution in [0.4, 0.5) is 5.69 Å². The Morgan fingerprint density at radius 1 is 1.28 bits per heavy atom. The van der Waals surface area contributed by atoms with Crippen LogP contribution in [0.1, 0.15) is 10.4 Å². The van der Waals surface area contributed by atoms with Crippen molar-refractivity contribution in [2.75, 3.05) is 45.2 Å². The molecule has 1 saturated heterocycles. The standard InChI is InChI=1S/C13H17ClN2O2/c1-15-5-7-16(8-6-15)11-9-10(13(14)17)3-4-12(11)18-2/h3-4,9H,5-8H2,1-2H3. The predicted molar refractivity (Wildman–Crippen MR) is 72.9 cm³/mol. The number of rotatable bonds is 3. The molecule has 2 rings (SSSR count). The fourth-order valence-electron chi connectivity index (χ4n) is 2.11. The Morgan fingerprint density at radius 3 is 2.50 bits per heavy atom. The van der Waals surface area contributed by atoms with Gasteiger partial charge < -0.3 is 14.5 Å². The largest absolute Gasteiger partial charge is 0.495 e.